The van der Waals surface area contributed by atoms with E-state index in [1.165, 1.54) is 30.6 Å². The van der Waals surface area contributed by atoms with Crippen LogP contribution in [0.3, 0.4) is 0 Å². The summed E-state index contributed by atoms with van der Waals surface area (Å²) in [6.07, 6.45) is 5.20. The van der Waals surface area contributed by atoms with Gasteiger partial charge in [0.2, 0.25) is 0 Å². The van der Waals surface area contributed by atoms with Crippen LogP contribution in [0.15, 0.2) is 17.5 Å². The Hall–Kier alpha value is -0.380. The predicted molar refractivity (Wildman–Crippen MR) is 79.8 cm³/mol. The molecule has 0 spiro atoms. The Morgan fingerprint density at radius 2 is 2.17 bits per heavy atom. The van der Waals surface area contributed by atoms with Crippen LogP contribution in [0.1, 0.15) is 44.4 Å². The maximum atomic E-state index is 6.15. The van der Waals surface area contributed by atoms with Crippen molar-refractivity contribution >= 4 is 11.3 Å². The molecule has 1 fully saturated rings. The van der Waals surface area contributed by atoms with E-state index >= 15 is 0 Å². The first-order valence-corrected chi connectivity index (χ1v) is 8.05. The molecule has 0 radical (unpaired) electrons. The summed E-state index contributed by atoms with van der Waals surface area (Å²) in [7, 11) is 0. The lowest BCUT2D eigenvalue weighted by molar-refractivity contribution is 0.0431. The summed E-state index contributed by atoms with van der Waals surface area (Å²) in [5, 5.41) is 2.17. The van der Waals surface area contributed by atoms with Gasteiger partial charge in [0.1, 0.15) is 0 Å². The highest BCUT2D eigenvalue weighted by atomic mass is 32.1. The van der Waals surface area contributed by atoms with E-state index in [0.29, 0.717) is 0 Å². The monoisotopic (exact) mass is 266 g/mol. The van der Waals surface area contributed by atoms with Gasteiger partial charge in [-0.3, -0.25) is 4.90 Å². The van der Waals surface area contributed by atoms with Crippen LogP contribution >= 0.6 is 11.3 Å². The third-order valence-electron chi connectivity index (χ3n) is 4.56. The first-order chi connectivity index (χ1) is 8.70. The molecular formula is C15H26N2S. The largest absolute Gasteiger partial charge is 0.329 e. The number of thiophene rings is 1. The molecule has 2 N–H and O–H groups in total. The van der Waals surface area contributed by atoms with Gasteiger partial charge in [0.15, 0.2) is 0 Å². The molecule has 1 heterocycles. The van der Waals surface area contributed by atoms with E-state index in [2.05, 4.69) is 36.3 Å². The van der Waals surface area contributed by atoms with E-state index < -0.39 is 0 Å². The van der Waals surface area contributed by atoms with Gasteiger partial charge >= 0.3 is 0 Å². The number of nitrogens with two attached hydrogens (primary N) is 1. The molecule has 1 aliphatic rings. The van der Waals surface area contributed by atoms with E-state index in [1.54, 1.807) is 0 Å². The summed E-state index contributed by atoms with van der Waals surface area (Å²) in [6, 6.07) is 4.38. The zero-order valence-corrected chi connectivity index (χ0v) is 12.5. The first-order valence-electron chi connectivity index (χ1n) is 7.17. The normalized spacial score (nSPS) is 28.8. The summed E-state index contributed by atoms with van der Waals surface area (Å²) in [4.78, 5) is 4.08. The van der Waals surface area contributed by atoms with Crippen LogP contribution in [-0.4, -0.2) is 23.5 Å². The second-order valence-corrected chi connectivity index (χ2v) is 6.74. The molecule has 18 heavy (non-hydrogen) atoms. The van der Waals surface area contributed by atoms with Gasteiger partial charge in [-0.2, -0.15) is 0 Å². The Bertz CT molecular complexity index is 339. The molecule has 102 valence electrons. The highest BCUT2D eigenvalue weighted by molar-refractivity contribution is 7.09. The number of nitrogens with zero attached hydrogens (tertiary/aromatic N) is 1. The van der Waals surface area contributed by atoms with Crippen LogP contribution < -0.4 is 5.73 Å². The Balaban J connectivity index is 2.08. The second kappa shape index (κ2) is 6.18. The number of rotatable bonds is 5. The van der Waals surface area contributed by atoms with Crippen molar-refractivity contribution in [1.29, 1.82) is 0 Å². The van der Waals surface area contributed by atoms with Crippen LogP contribution in [0.25, 0.3) is 0 Å². The van der Waals surface area contributed by atoms with Gasteiger partial charge in [-0.05, 0) is 49.6 Å². The minimum atomic E-state index is 0.255. The molecule has 0 atom stereocenters. The van der Waals surface area contributed by atoms with Crippen molar-refractivity contribution in [2.75, 3.05) is 13.1 Å². The fourth-order valence-corrected chi connectivity index (χ4v) is 3.87. The van der Waals surface area contributed by atoms with E-state index in [9.17, 15) is 0 Å². The van der Waals surface area contributed by atoms with Gasteiger partial charge in [0.05, 0.1) is 0 Å². The molecule has 0 amide bonds. The summed E-state index contributed by atoms with van der Waals surface area (Å²) < 4.78 is 0. The van der Waals surface area contributed by atoms with Gasteiger partial charge < -0.3 is 5.73 Å². The predicted octanol–water partition coefficient (Wildman–Crippen LogP) is 3.48. The molecule has 2 nitrogen and oxygen atoms in total. The minimum absolute atomic E-state index is 0.255. The summed E-state index contributed by atoms with van der Waals surface area (Å²) in [6.45, 7) is 7.61. The topological polar surface area (TPSA) is 29.3 Å². The minimum Gasteiger partial charge on any atom is -0.329 e. The van der Waals surface area contributed by atoms with Crippen LogP contribution in [0.5, 0.6) is 0 Å². The van der Waals surface area contributed by atoms with Crippen LogP contribution in [-0.2, 0) is 6.54 Å². The molecule has 1 aromatic heterocycles. The Kier molecular flexibility index (Phi) is 4.82. The van der Waals surface area contributed by atoms with Crippen LogP contribution in [0.4, 0.5) is 0 Å². The lowest BCUT2D eigenvalue weighted by atomic mass is 9.76. The standard InChI is InChI=1S/C15H26N2S/c1-3-17(11-14-5-4-10-18-14)15(12-16)8-6-13(2)7-9-15/h4-5,10,13H,3,6-9,11-12,16H2,1-2H3. The first kappa shape index (κ1) is 14.0. The molecule has 0 unspecified atom stereocenters. The smallest absolute Gasteiger partial charge is 0.0335 e. The third-order valence-corrected chi connectivity index (χ3v) is 5.43. The van der Waals surface area contributed by atoms with E-state index in [1.807, 2.05) is 11.3 Å². The molecular weight excluding hydrogens is 240 g/mol. The van der Waals surface area contributed by atoms with Gasteiger partial charge in [-0.1, -0.05) is 19.9 Å². The molecule has 1 saturated carbocycles. The highest BCUT2D eigenvalue weighted by Crippen LogP contribution is 2.36. The number of hydrogen-bond acceptors (Lipinski definition) is 3. The Morgan fingerprint density at radius 3 is 2.67 bits per heavy atom. The molecule has 0 saturated heterocycles. The Labute approximate surface area is 115 Å². The molecule has 0 aliphatic heterocycles. The van der Waals surface area contributed by atoms with E-state index in [0.717, 1.165) is 25.6 Å². The lowest BCUT2D eigenvalue weighted by Gasteiger charge is -2.47. The number of hydrogen-bond donors (Lipinski definition) is 1. The molecule has 3 heteroatoms. The fourth-order valence-electron chi connectivity index (χ4n) is 3.15. The maximum absolute atomic E-state index is 6.15. The van der Waals surface area contributed by atoms with Crippen molar-refractivity contribution in [3.8, 4) is 0 Å². The van der Waals surface area contributed by atoms with Crippen LogP contribution in [0.2, 0.25) is 0 Å². The van der Waals surface area contributed by atoms with Gasteiger partial charge in [0.25, 0.3) is 0 Å². The van der Waals surface area contributed by atoms with Crippen molar-refractivity contribution in [2.45, 2.75) is 51.6 Å². The lowest BCUT2D eigenvalue weighted by Crippen LogP contribution is -2.55. The van der Waals surface area contributed by atoms with Crippen molar-refractivity contribution in [3.63, 3.8) is 0 Å². The maximum Gasteiger partial charge on any atom is 0.0335 e. The van der Waals surface area contributed by atoms with Crippen molar-refractivity contribution in [3.05, 3.63) is 22.4 Å². The van der Waals surface area contributed by atoms with Gasteiger partial charge in [-0.25, -0.2) is 0 Å². The zero-order valence-electron chi connectivity index (χ0n) is 11.7. The van der Waals surface area contributed by atoms with Crippen molar-refractivity contribution in [2.24, 2.45) is 11.7 Å². The molecule has 0 bridgehead atoms. The van der Waals surface area contributed by atoms with Crippen LogP contribution in [0, 0.1) is 5.92 Å². The summed E-state index contributed by atoms with van der Waals surface area (Å²) >= 11 is 1.86. The highest BCUT2D eigenvalue weighted by Gasteiger charge is 2.37. The second-order valence-electron chi connectivity index (χ2n) is 5.70. The van der Waals surface area contributed by atoms with Gasteiger partial charge in [-0.15, -0.1) is 11.3 Å². The molecule has 1 aliphatic carbocycles. The molecule has 1 aromatic rings. The zero-order chi connectivity index (χ0) is 13.0. The average Bonchev–Trinajstić information content (AvgIpc) is 2.90. The fraction of sp³-hybridized carbons (Fsp3) is 0.733. The SMILES string of the molecule is CCN(Cc1cccs1)C1(CN)CCC(C)CC1. The van der Waals surface area contributed by atoms with E-state index in [4.69, 9.17) is 5.73 Å². The molecule has 2 rings (SSSR count). The number of likely N-dealkylation sites (N-methyl/N-ethyl adjacent to an activating group) is 1. The van der Waals surface area contributed by atoms with Crippen molar-refractivity contribution < 1.29 is 0 Å². The molecule has 0 aromatic carbocycles. The quantitative estimate of drug-likeness (QED) is 0.884. The van der Waals surface area contributed by atoms with Gasteiger partial charge in [0, 0.05) is 23.5 Å². The van der Waals surface area contributed by atoms with Crippen molar-refractivity contribution in [1.82, 2.24) is 4.90 Å². The third kappa shape index (κ3) is 2.95. The Morgan fingerprint density at radius 1 is 1.44 bits per heavy atom. The summed E-state index contributed by atoms with van der Waals surface area (Å²) in [5.41, 5.74) is 6.41. The summed E-state index contributed by atoms with van der Waals surface area (Å²) in [5.74, 6) is 0.880. The van der Waals surface area contributed by atoms with E-state index in [-0.39, 0.29) is 5.54 Å². The average molecular weight is 266 g/mol.